The molecule has 2 aromatic rings. The number of aromatic amines is 1. The van der Waals surface area contributed by atoms with E-state index in [1.165, 1.54) is 8.93 Å². The van der Waals surface area contributed by atoms with Gasteiger partial charge in [-0.25, -0.2) is 9.78 Å². The van der Waals surface area contributed by atoms with Gasteiger partial charge in [0.25, 0.3) is 0 Å². The highest BCUT2D eigenvalue weighted by Gasteiger charge is 2.51. The normalized spacial score (nSPS) is 19.8. The van der Waals surface area contributed by atoms with Gasteiger partial charge in [-0.2, -0.15) is 0 Å². The maximum atomic E-state index is 12.9. The zero-order valence-corrected chi connectivity index (χ0v) is 23.3. The van der Waals surface area contributed by atoms with Crippen molar-refractivity contribution in [3.8, 4) is 0 Å². The van der Waals surface area contributed by atoms with Crippen LogP contribution in [0, 0.1) is 0 Å². The molecule has 32 heavy (non-hydrogen) atoms. The molecule has 1 aliphatic rings. The Morgan fingerprint density at radius 2 is 1.81 bits per heavy atom. The van der Waals surface area contributed by atoms with Gasteiger partial charge in [0.05, 0.1) is 22.2 Å². The fourth-order valence-corrected chi connectivity index (χ4v) is 5.30. The predicted octanol–water partition coefficient (Wildman–Crippen LogP) is 5.38. The summed E-state index contributed by atoms with van der Waals surface area (Å²) in [6, 6.07) is 5.95. The number of H-pyrrole nitrogens is 1. The van der Waals surface area contributed by atoms with Crippen molar-refractivity contribution in [1.82, 2.24) is 14.9 Å². The number of imidazole rings is 1. The van der Waals surface area contributed by atoms with E-state index in [0.717, 1.165) is 16.5 Å². The summed E-state index contributed by atoms with van der Waals surface area (Å²) in [6.07, 6.45) is -0.370. The molecule has 1 aromatic heterocycles. The summed E-state index contributed by atoms with van der Waals surface area (Å²) in [6.45, 7) is 18.2. The number of halogens is 1. The minimum absolute atomic E-state index is 0.370. The van der Waals surface area contributed by atoms with E-state index in [9.17, 15) is 4.79 Å². The summed E-state index contributed by atoms with van der Waals surface area (Å²) in [5, 5.41) is 0. The van der Waals surface area contributed by atoms with Gasteiger partial charge in [-0.3, -0.25) is 4.90 Å². The minimum Gasteiger partial charge on any atom is -0.444 e. The minimum atomic E-state index is -0.735. The summed E-state index contributed by atoms with van der Waals surface area (Å²) in [4.78, 5) is 22.2. The maximum absolute atomic E-state index is 12.9. The highest BCUT2D eigenvalue weighted by atomic mass is 127. The first-order valence-electron chi connectivity index (χ1n) is 10.8. The van der Waals surface area contributed by atoms with Crippen LogP contribution in [0.4, 0.5) is 4.79 Å². The number of fused-ring (bicyclic) bond motifs is 1. The van der Waals surface area contributed by atoms with E-state index in [1.54, 1.807) is 4.90 Å². The van der Waals surface area contributed by atoms with Crippen molar-refractivity contribution in [2.45, 2.75) is 84.0 Å². The number of hydrogen-bond donors (Lipinski definition) is 1. The van der Waals surface area contributed by atoms with Gasteiger partial charge in [0.1, 0.15) is 11.4 Å². The topological polar surface area (TPSA) is 76.7 Å². The van der Waals surface area contributed by atoms with Crippen molar-refractivity contribution in [2.75, 3.05) is 6.54 Å². The van der Waals surface area contributed by atoms with Crippen molar-refractivity contribution in [3.05, 3.63) is 24.0 Å². The summed E-state index contributed by atoms with van der Waals surface area (Å²) in [5.41, 5.74) is 1.22. The number of aromatic nitrogens is 2. The highest BCUT2D eigenvalue weighted by Crippen LogP contribution is 2.43. The van der Waals surface area contributed by atoms with Gasteiger partial charge in [0.2, 0.25) is 0 Å². The number of nitrogens with one attached hydrogen (secondary N) is 1. The molecule has 0 radical (unpaired) electrons. The Hall–Kier alpha value is -0.975. The van der Waals surface area contributed by atoms with Gasteiger partial charge >= 0.3 is 13.2 Å². The third kappa shape index (κ3) is 4.78. The molecule has 1 aromatic carbocycles. The van der Waals surface area contributed by atoms with Gasteiger partial charge in [-0.1, -0.05) is 15.0 Å². The number of benzene rings is 1. The molecular weight excluding hydrogens is 540 g/mol. The van der Waals surface area contributed by atoms with Crippen LogP contribution in [0.2, 0.25) is 0 Å². The van der Waals surface area contributed by atoms with E-state index >= 15 is 0 Å². The molecule has 1 fully saturated rings. The van der Waals surface area contributed by atoms with Gasteiger partial charge in [-0.05, 0) is 101 Å². The van der Waals surface area contributed by atoms with E-state index in [2.05, 4.69) is 26.2 Å². The largest absolute Gasteiger partial charge is 0.494 e. The molecule has 1 aliphatic heterocycles. The maximum Gasteiger partial charge on any atom is 0.494 e. The molecule has 1 atom stereocenters. The first-order valence-corrected chi connectivity index (χ1v) is 14.2. The van der Waals surface area contributed by atoms with E-state index in [1.807, 2.05) is 80.5 Å². The molecule has 2 heterocycles. The zero-order chi connectivity index (χ0) is 24.1. The number of carbonyl (C=O) groups excluding carboxylic acids is 1. The smallest absolute Gasteiger partial charge is 0.444 e. The van der Waals surface area contributed by atoms with Crippen molar-refractivity contribution in [1.29, 1.82) is 0 Å². The molecule has 10 heteroatoms. The number of amides is 1. The molecule has 176 valence electrons. The number of nitrogens with zero attached hydrogens (tertiary/aromatic N) is 2. The van der Waals surface area contributed by atoms with Crippen LogP contribution in [0.5, 0.6) is 0 Å². The number of hydrogen-bond acceptors (Lipinski definition) is 6. The molecule has 0 bridgehead atoms. The number of carbonyl (C=O) groups is 1. The molecule has 7 nitrogen and oxygen atoms in total. The molecule has 3 rings (SSSR count). The van der Waals surface area contributed by atoms with Gasteiger partial charge in [-0.15, -0.1) is 0 Å². The lowest BCUT2D eigenvalue weighted by molar-refractivity contribution is 0.00578. The van der Waals surface area contributed by atoms with Crippen LogP contribution in [-0.2, 0) is 18.9 Å². The van der Waals surface area contributed by atoms with E-state index in [-0.39, 0.29) is 6.09 Å². The summed E-state index contributed by atoms with van der Waals surface area (Å²) < 4.78 is 18.0. The first kappa shape index (κ1) is 25.6. The number of ether oxygens (including phenoxy) is 1. The lowest BCUT2D eigenvalue weighted by Gasteiger charge is -2.37. The third-order valence-corrected chi connectivity index (χ3v) is 9.35. The predicted molar refractivity (Wildman–Crippen MR) is 139 cm³/mol. The Balaban J connectivity index is 1.95. The molecule has 0 aliphatic carbocycles. The second kappa shape index (κ2) is 8.67. The van der Waals surface area contributed by atoms with Crippen LogP contribution < -0.4 is 5.46 Å². The summed E-state index contributed by atoms with van der Waals surface area (Å²) in [5.74, 6) is 0.686. The lowest BCUT2D eigenvalue weighted by atomic mass is 9.79. The van der Waals surface area contributed by atoms with Crippen molar-refractivity contribution in [2.24, 2.45) is 0 Å². The zero-order valence-electron chi connectivity index (χ0n) is 20.3. The standard InChI is InChI=1S/C22H33BIN3O4S/c1-10-27(18(28)29-19(2,3)4)22(9,32-24)17-25-15-12-11-14(13-16(15)26-17)23-30-20(5,6)21(7,8)31-23/h11-13H,10H2,1-9H3,(H,25,26)/t22-/m1/s1. The summed E-state index contributed by atoms with van der Waals surface area (Å²) >= 11 is 2.22. The van der Waals surface area contributed by atoms with E-state index < -0.39 is 28.8 Å². The van der Waals surface area contributed by atoms with Crippen molar-refractivity contribution >= 4 is 59.8 Å². The Bertz CT molecular complexity index is 991. The van der Waals surface area contributed by atoms with E-state index in [0.29, 0.717) is 12.4 Å². The molecule has 0 spiro atoms. The second-order valence-electron chi connectivity index (χ2n) is 10.2. The quantitative estimate of drug-likeness (QED) is 0.295. The van der Waals surface area contributed by atoms with Gasteiger partial charge in [0, 0.05) is 6.54 Å². The van der Waals surface area contributed by atoms with Crippen LogP contribution in [-0.4, -0.2) is 51.4 Å². The molecule has 1 N–H and O–H groups in total. The molecular formula is C22H33BIN3O4S. The second-order valence-corrected chi connectivity index (χ2v) is 12.5. The third-order valence-electron chi connectivity index (χ3n) is 6.07. The van der Waals surface area contributed by atoms with Gasteiger partial charge in [0.15, 0.2) is 4.87 Å². The van der Waals surface area contributed by atoms with Crippen LogP contribution in [0.1, 0.15) is 68.1 Å². The summed E-state index contributed by atoms with van der Waals surface area (Å²) in [7, 11) is 1.06. The Kier molecular flexibility index (Phi) is 6.95. The molecule has 0 unspecified atom stereocenters. The van der Waals surface area contributed by atoms with Crippen molar-refractivity contribution < 1.29 is 18.8 Å². The fraction of sp³-hybridized carbons (Fsp3) is 0.636. The van der Waals surface area contributed by atoms with Crippen molar-refractivity contribution in [3.63, 3.8) is 0 Å². The lowest BCUT2D eigenvalue weighted by Crippen LogP contribution is -2.47. The highest BCUT2D eigenvalue weighted by molar-refractivity contribution is 14.2. The average molecular weight is 573 g/mol. The monoisotopic (exact) mass is 573 g/mol. The SMILES string of the molecule is CCN(C(=O)OC(C)(C)C)[C@](C)(SI)c1nc2ccc(B3OC(C)(C)C(C)(C)O3)cc2[nH]1. The number of rotatable bonds is 5. The fourth-order valence-electron chi connectivity index (χ4n) is 3.50. The van der Waals surface area contributed by atoms with Crippen LogP contribution in [0.3, 0.4) is 0 Å². The Morgan fingerprint density at radius 1 is 1.22 bits per heavy atom. The van der Waals surface area contributed by atoms with Crippen LogP contribution >= 0.6 is 30.1 Å². The first-order chi connectivity index (χ1) is 14.6. The average Bonchev–Trinajstić information content (AvgIpc) is 3.18. The van der Waals surface area contributed by atoms with Gasteiger partial charge < -0.3 is 19.0 Å². The molecule has 0 saturated carbocycles. The van der Waals surface area contributed by atoms with Crippen LogP contribution in [0.15, 0.2) is 18.2 Å². The van der Waals surface area contributed by atoms with E-state index in [4.69, 9.17) is 19.0 Å². The molecule has 1 saturated heterocycles. The molecule has 1 amide bonds. The Morgan fingerprint density at radius 3 is 2.31 bits per heavy atom. The Labute approximate surface area is 207 Å². The van der Waals surface area contributed by atoms with Crippen LogP contribution in [0.25, 0.3) is 11.0 Å².